The Hall–Kier alpha value is -2.28. The van der Waals surface area contributed by atoms with Crippen molar-refractivity contribution in [3.05, 3.63) is 42.2 Å². The maximum absolute atomic E-state index is 12.0. The van der Waals surface area contributed by atoms with Crippen LogP contribution in [0.3, 0.4) is 0 Å². The molecule has 1 N–H and O–H groups in total. The molecular weight excluding hydrogens is 314 g/mol. The predicted molar refractivity (Wildman–Crippen MR) is 87.1 cm³/mol. The SMILES string of the molecule is CSc1ncc(C(=O)NCC[C@@H]2COc3ccccc3O2)cn1. The second-order valence-corrected chi connectivity index (χ2v) is 5.77. The molecular formula is C16H17N3O3S. The Morgan fingerprint density at radius 2 is 2.04 bits per heavy atom. The lowest BCUT2D eigenvalue weighted by molar-refractivity contribution is 0.0812. The summed E-state index contributed by atoms with van der Waals surface area (Å²) in [7, 11) is 0. The second kappa shape index (κ2) is 7.32. The van der Waals surface area contributed by atoms with Crippen LogP contribution in [0.1, 0.15) is 16.8 Å². The number of ether oxygens (including phenoxy) is 2. The van der Waals surface area contributed by atoms with E-state index in [1.165, 1.54) is 24.2 Å². The number of rotatable bonds is 5. The van der Waals surface area contributed by atoms with E-state index >= 15 is 0 Å². The van der Waals surface area contributed by atoms with E-state index in [0.29, 0.717) is 30.3 Å². The Morgan fingerprint density at radius 3 is 2.78 bits per heavy atom. The Bertz CT molecular complexity index is 679. The molecule has 0 bridgehead atoms. The van der Waals surface area contributed by atoms with Crippen LogP contribution in [0.15, 0.2) is 41.8 Å². The summed E-state index contributed by atoms with van der Waals surface area (Å²) in [6, 6.07) is 7.58. The van der Waals surface area contributed by atoms with Crippen molar-refractivity contribution in [3.63, 3.8) is 0 Å². The van der Waals surface area contributed by atoms with Crippen molar-refractivity contribution in [2.75, 3.05) is 19.4 Å². The Labute approximate surface area is 138 Å². The summed E-state index contributed by atoms with van der Waals surface area (Å²) in [5, 5.41) is 3.49. The first kappa shape index (κ1) is 15.6. The van der Waals surface area contributed by atoms with Gasteiger partial charge in [-0.1, -0.05) is 23.9 Å². The highest BCUT2D eigenvalue weighted by Crippen LogP contribution is 2.31. The zero-order chi connectivity index (χ0) is 16.1. The molecule has 3 rings (SSSR count). The molecule has 2 aromatic rings. The smallest absolute Gasteiger partial charge is 0.254 e. The summed E-state index contributed by atoms with van der Waals surface area (Å²) >= 11 is 1.44. The summed E-state index contributed by atoms with van der Waals surface area (Å²) in [5.74, 6) is 1.32. The van der Waals surface area contributed by atoms with Crippen LogP contribution in [0.5, 0.6) is 11.5 Å². The monoisotopic (exact) mass is 331 g/mol. The van der Waals surface area contributed by atoms with E-state index in [2.05, 4.69) is 15.3 Å². The van der Waals surface area contributed by atoms with Gasteiger partial charge in [0, 0.05) is 25.4 Å². The molecule has 2 heterocycles. The lowest BCUT2D eigenvalue weighted by Gasteiger charge is -2.26. The number of thioether (sulfide) groups is 1. The number of fused-ring (bicyclic) bond motifs is 1. The van der Waals surface area contributed by atoms with Crippen molar-refractivity contribution in [1.82, 2.24) is 15.3 Å². The van der Waals surface area contributed by atoms with Gasteiger partial charge in [-0.2, -0.15) is 0 Å². The standard InChI is InChI=1S/C16H17N3O3S/c1-23-16-18-8-11(9-19-16)15(20)17-7-6-12-10-21-13-4-2-3-5-14(13)22-12/h2-5,8-9,12H,6-7,10H2,1H3,(H,17,20)/t12-/m1/s1. The van der Waals surface area contributed by atoms with E-state index in [0.717, 1.165) is 11.5 Å². The molecule has 7 heteroatoms. The van der Waals surface area contributed by atoms with Crippen LogP contribution in [0.4, 0.5) is 0 Å². The molecule has 0 saturated carbocycles. The van der Waals surface area contributed by atoms with E-state index in [9.17, 15) is 4.79 Å². The van der Waals surface area contributed by atoms with Crippen molar-refractivity contribution in [3.8, 4) is 11.5 Å². The normalized spacial score (nSPS) is 16.0. The largest absolute Gasteiger partial charge is 0.486 e. The highest BCUT2D eigenvalue weighted by atomic mass is 32.2. The highest BCUT2D eigenvalue weighted by Gasteiger charge is 2.20. The maximum Gasteiger partial charge on any atom is 0.254 e. The predicted octanol–water partition coefficient (Wildman–Crippen LogP) is 2.16. The lowest BCUT2D eigenvalue weighted by Crippen LogP contribution is -2.34. The minimum absolute atomic E-state index is 0.0692. The molecule has 1 aromatic heterocycles. The zero-order valence-electron chi connectivity index (χ0n) is 12.7. The van der Waals surface area contributed by atoms with Gasteiger partial charge in [0.05, 0.1) is 5.56 Å². The first-order valence-corrected chi connectivity index (χ1v) is 8.51. The van der Waals surface area contributed by atoms with Crippen LogP contribution in [-0.2, 0) is 0 Å². The van der Waals surface area contributed by atoms with Gasteiger partial charge in [0.1, 0.15) is 12.7 Å². The lowest BCUT2D eigenvalue weighted by atomic mass is 10.2. The Kier molecular flexibility index (Phi) is 4.97. The molecule has 0 spiro atoms. The summed E-state index contributed by atoms with van der Waals surface area (Å²) in [4.78, 5) is 20.2. The number of benzene rings is 1. The van der Waals surface area contributed by atoms with E-state index in [-0.39, 0.29) is 12.0 Å². The minimum Gasteiger partial charge on any atom is -0.486 e. The second-order valence-electron chi connectivity index (χ2n) is 5.00. The molecule has 0 aliphatic carbocycles. The van der Waals surface area contributed by atoms with Gasteiger partial charge in [0.25, 0.3) is 5.91 Å². The van der Waals surface area contributed by atoms with Crippen molar-refractivity contribution in [1.29, 1.82) is 0 Å². The molecule has 1 aliphatic heterocycles. The van der Waals surface area contributed by atoms with E-state index < -0.39 is 0 Å². The molecule has 1 atom stereocenters. The molecule has 0 unspecified atom stereocenters. The molecule has 0 radical (unpaired) electrons. The van der Waals surface area contributed by atoms with Gasteiger partial charge in [-0.25, -0.2) is 9.97 Å². The molecule has 23 heavy (non-hydrogen) atoms. The fourth-order valence-corrected chi connectivity index (χ4v) is 2.51. The van der Waals surface area contributed by atoms with Gasteiger partial charge in [-0.05, 0) is 18.4 Å². The third-order valence-electron chi connectivity index (χ3n) is 3.39. The molecule has 120 valence electrons. The van der Waals surface area contributed by atoms with E-state index in [1.807, 2.05) is 30.5 Å². The number of nitrogens with one attached hydrogen (secondary N) is 1. The number of hydrogen-bond donors (Lipinski definition) is 1. The van der Waals surface area contributed by atoms with Gasteiger partial charge in [0.2, 0.25) is 0 Å². The number of nitrogens with zero attached hydrogens (tertiary/aromatic N) is 2. The van der Waals surface area contributed by atoms with Crippen LogP contribution in [0, 0.1) is 0 Å². The zero-order valence-corrected chi connectivity index (χ0v) is 13.5. The number of para-hydroxylation sites is 2. The first-order valence-electron chi connectivity index (χ1n) is 7.29. The van der Waals surface area contributed by atoms with Gasteiger partial charge in [-0.3, -0.25) is 4.79 Å². The van der Waals surface area contributed by atoms with Crippen LogP contribution in [-0.4, -0.2) is 41.4 Å². The topological polar surface area (TPSA) is 73.3 Å². The summed E-state index contributed by atoms with van der Waals surface area (Å²) < 4.78 is 11.5. The third kappa shape index (κ3) is 3.92. The Balaban J connectivity index is 1.47. The molecule has 1 aliphatic rings. The summed E-state index contributed by atoms with van der Waals surface area (Å²) in [5.41, 5.74) is 0.453. The number of hydrogen-bond acceptors (Lipinski definition) is 6. The summed E-state index contributed by atoms with van der Waals surface area (Å²) in [6.45, 7) is 0.984. The number of carbonyl (C=O) groups is 1. The van der Waals surface area contributed by atoms with E-state index in [1.54, 1.807) is 0 Å². The van der Waals surface area contributed by atoms with Gasteiger partial charge < -0.3 is 14.8 Å². The molecule has 1 amide bonds. The minimum atomic E-state index is -0.185. The van der Waals surface area contributed by atoms with Crippen LogP contribution in [0.25, 0.3) is 0 Å². The highest BCUT2D eigenvalue weighted by molar-refractivity contribution is 7.98. The van der Waals surface area contributed by atoms with Crippen LogP contribution < -0.4 is 14.8 Å². The molecule has 0 fully saturated rings. The van der Waals surface area contributed by atoms with Gasteiger partial charge in [-0.15, -0.1) is 0 Å². The van der Waals surface area contributed by atoms with Gasteiger partial charge >= 0.3 is 0 Å². The van der Waals surface area contributed by atoms with Crippen molar-refractivity contribution >= 4 is 17.7 Å². The van der Waals surface area contributed by atoms with Crippen LogP contribution >= 0.6 is 11.8 Å². The fourth-order valence-electron chi connectivity index (χ4n) is 2.19. The molecule has 0 saturated heterocycles. The van der Waals surface area contributed by atoms with E-state index in [4.69, 9.17) is 9.47 Å². The van der Waals surface area contributed by atoms with Crippen molar-refractivity contribution in [2.45, 2.75) is 17.7 Å². The third-order valence-corrected chi connectivity index (χ3v) is 3.97. The number of carbonyl (C=O) groups excluding carboxylic acids is 1. The average Bonchev–Trinajstić information content (AvgIpc) is 2.61. The average molecular weight is 331 g/mol. The van der Waals surface area contributed by atoms with Crippen molar-refractivity contribution in [2.24, 2.45) is 0 Å². The van der Waals surface area contributed by atoms with Gasteiger partial charge in [0.15, 0.2) is 16.7 Å². The summed E-state index contributed by atoms with van der Waals surface area (Å²) in [6.07, 6.45) is 5.55. The fraction of sp³-hybridized carbons (Fsp3) is 0.312. The van der Waals surface area contributed by atoms with Crippen LogP contribution in [0.2, 0.25) is 0 Å². The maximum atomic E-state index is 12.0. The molecule has 6 nitrogen and oxygen atoms in total. The number of amides is 1. The first-order chi connectivity index (χ1) is 11.3. The van der Waals surface area contributed by atoms with Crippen molar-refractivity contribution < 1.29 is 14.3 Å². The number of aromatic nitrogens is 2. The molecule has 1 aromatic carbocycles. The Morgan fingerprint density at radius 1 is 1.30 bits per heavy atom. The quantitative estimate of drug-likeness (QED) is 0.668.